The number of piperidine rings is 1. The molecule has 1 aromatic carbocycles. The zero-order valence-corrected chi connectivity index (χ0v) is 18.9. The number of pyridine rings is 1. The van der Waals surface area contributed by atoms with Gasteiger partial charge < -0.3 is 14.6 Å². The van der Waals surface area contributed by atoms with Crippen molar-refractivity contribution in [1.29, 1.82) is 0 Å². The number of rotatable bonds is 6. The van der Waals surface area contributed by atoms with Gasteiger partial charge in [-0.2, -0.15) is 0 Å². The summed E-state index contributed by atoms with van der Waals surface area (Å²) < 4.78 is 27.9. The molecule has 2 aliphatic rings. The molecule has 9 heteroatoms. The number of hydrogen-bond acceptors (Lipinski definition) is 6. The minimum atomic E-state index is -2.65. The first-order valence-electron chi connectivity index (χ1n) is 11.1. The van der Waals surface area contributed by atoms with Gasteiger partial charge in [-0.3, -0.25) is 14.6 Å². The van der Waals surface area contributed by atoms with E-state index in [4.69, 9.17) is 4.42 Å². The van der Waals surface area contributed by atoms with E-state index in [9.17, 15) is 18.0 Å². The number of nitrogens with one attached hydrogen (secondary N) is 1. The van der Waals surface area contributed by atoms with Gasteiger partial charge in [-0.1, -0.05) is 12.1 Å². The van der Waals surface area contributed by atoms with Crippen molar-refractivity contribution in [1.82, 2.24) is 15.2 Å². The second-order valence-electron chi connectivity index (χ2n) is 8.98. The van der Waals surface area contributed by atoms with E-state index in [0.29, 0.717) is 42.5 Å². The Bertz CT molecular complexity index is 1250. The molecule has 1 N–H and O–H groups in total. The molecule has 1 atom stereocenters. The number of carbonyl (C=O) groups is 2. The first kappa shape index (κ1) is 21.6. The summed E-state index contributed by atoms with van der Waals surface area (Å²) in [6.07, 6.45) is 6.36. The summed E-state index contributed by atoms with van der Waals surface area (Å²) in [6.45, 7) is 1.98. The van der Waals surface area contributed by atoms with Crippen molar-refractivity contribution >= 4 is 33.5 Å². The van der Waals surface area contributed by atoms with Crippen LogP contribution in [0, 0.1) is 11.3 Å². The van der Waals surface area contributed by atoms with Gasteiger partial charge in [0.2, 0.25) is 5.91 Å². The highest BCUT2D eigenvalue weighted by atomic mass is 32.2. The van der Waals surface area contributed by atoms with E-state index in [1.807, 2.05) is 11.0 Å². The summed E-state index contributed by atoms with van der Waals surface area (Å²) in [5.74, 6) is 0.504. The summed E-state index contributed by atoms with van der Waals surface area (Å²) >= 11 is 0. The zero-order valence-electron chi connectivity index (χ0n) is 18.0. The van der Waals surface area contributed by atoms with Gasteiger partial charge in [-0.05, 0) is 60.4 Å². The highest BCUT2D eigenvalue weighted by Crippen LogP contribution is 2.59. The maximum Gasteiger partial charge on any atom is 0.287 e. The smallest absolute Gasteiger partial charge is 0.287 e. The molecule has 8 nitrogen and oxygen atoms in total. The number of nitrogens with zero attached hydrogens (tertiary/aromatic N) is 2. The average Bonchev–Trinajstić information content (AvgIpc) is 3.29. The highest BCUT2D eigenvalue weighted by molar-refractivity contribution is 7.72. The average molecular weight is 468 g/mol. The van der Waals surface area contributed by atoms with Gasteiger partial charge in [0.1, 0.15) is 0 Å². The fourth-order valence-corrected chi connectivity index (χ4v) is 5.38. The van der Waals surface area contributed by atoms with Crippen LogP contribution in [0.5, 0.6) is 0 Å². The van der Waals surface area contributed by atoms with Crippen molar-refractivity contribution in [2.45, 2.75) is 30.6 Å². The van der Waals surface area contributed by atoms with Crippen LogP contribution >= 0.6 is 0 Å². The number of benzene rings is 1. The van der Waals surface area contributed by atoms with Gasteiger partial charge in [0.25, 0.3) is 5.91 Å². The summed E-state index contributed by atoms with van der Waals surface area (Å²) in [5, 5.41) is 3.84. The SMILES string of the molecule is O=C(NCC1CC12CCN(C(=O)Cc1cccc([SH](=O)=O)c1)CC2)c1cc2ccncc2o1. The molecule has 33 heavy (non-hydrogen) atoms. The maximum atomic E-state index is 12.7. The zero-order chi connectivity index (χ0) is 23.0. The predicted octanol–water partition coefficient (Wildman–Crippen LogP) is 2.40. The third-order valence-corrected chi connectivity index (χ3v) is 7.70. The van der Waals surface area contributed by atoms with E-state index < -0.39 is 10.7 Å². The van der Waals surface area contributed by atoms with E-state index >= 15 is 0 Å². The van der Waals surface area contributed by atoms with Crippen LogP contribution in [0.15, 0.2) is 58.1 Å². The molecule has 1 saturated carbocycles. The van der Waals surface area contributed by atoms with Gasteiger partial charge in [-0.25, -0.2) is 8.42 Å². The predicted molar refractivity (Wildman–Crippen MR) is 121 cm³/mol. The minimum absolute atomic E-state index is 0.0213. The minimum Gasteiger partial charge on any atom is -0.449 e. The summed E-state index contributed by atoms with van der Waals surface area (Å²) in [5.41, 5.74) is 1.50. The Hall–Kier alpha value is -3.20. The van der Waals surface area contributed by atoms with E-state index in [0.717, 1.165) is 24.6 Å². The second kappa shape index (κ2) is 8.62. The molecule has 1 spiro atoms. The van der Waals surface area contributed by atoms with E-state index in [2.05, 4.69) is 10.3 Å². The van der Waals surface area contributed by atoms with Gasteiger partial charge in [-0.15, -0.1) is 0 Å². The Kier molecular flexibility index (Phi) is 5.65. The van der Waals surface area contributed by atoms with Crippen LogP contribution in [0.3, 0.4) is 0 Å². The van der Waals surface area contributed by atoms with Crippen LogP contribution in [-0.4, -0.2) is 49.8 Å². The molecule has 1 saturated heterocycles. The highest BCUT2D eigenvalue weighted by Gasteiger charge is 2.54. The number of amides is 2. The van der Waals surface area contributed by atoms with E-state index in [-0.39, 0.29) is 28.5 Å². The Morgan fingerprint density at radius 1 is 1.18 bits per heavy atom. The Morgan fingerprint density at radius 3 is 2.76 bits per heavy atom. The molecule has 1 aliphatic heterocycles. The lowest BCUT2D eigenvalue weighted by Crippen LogP contribution is -2.41. The molecule has 1 aliphatic carbocycles. The number of fused-ring (bicyclic) bond motifs is 1. The fourth-order valence-electron chi connectivity index (χ4n) is 4.90. The van der Waals surface area contributed by atoms with Crippen LogP contribution < -0.4 is 5.32 Å². The molecule has 0 radical (unpaired) electrons. The largest absolute Gasteiger partial charge is 0.449 e. The van der Waals surface area contributed by atoms with Gasteiger partial charge >= 0.3 is 0 Å². The third kappa shape index (κ3) is 4.50. The quantitative estimate of drug-likeness (QED) is 0.539. The number of likely N-dealkylation sites (tertiary alicyclic amines) is 1. The monoisotopic (exact) mass is 467 g/mol. The van der Waals surface area contributed by atoms with Gasteiger partial charge in [0.15, 0.2) is 22.0 Å². The van der Waals surface area contributed by atoms with Crippen molar-refractivity contribution in [2.75, 3.05) is 19.6 Å². The van der Waals surface area contributed by atoms with Crippen molar-refractivity contribution in [3.05, 3.63) is 60.1 Å². The van der Waals surface area contributed by atoms with Gasteiger partial charge in [0, 0.05) is 31.2 Å². The lowest BCUT2D eigenvalue weighted by molar-refractivity contribution is -0.132. The Morgan fingerprint density at radius 2 is 2.00 bits per heavy atom. The van der Waals surface area contributed by atoms with Gasteiger partial charge in [0.05, 0.1) is 17.5 Å². The molecule has 2 amide bonds. The number of hydrogen-bond donors (Lipinski definition) is 2. The molecule has 0 bridgehead atoms. The summed E-state index contributed by atoms with van der Waals surface area (Å²) in [4.78, 5) is 31.3. The lowest BCUT2D eigenvalue weighted by atomic mass is 9.90. The van der Waals surface area contributed by atoms with Crippen molar-refractivity contribution < 1.29 is 22.4 Å². The maximum absolute atomic E-state index is 12.7. The third-order valence-electron chi connectivity index (χ3n) is 7.00. The number of furan rings is 1. The van der Waals surface area contributed by atoms with Crippen LogP contribution in [0.4, 0.5) is 0 Å². The van der Waals surface area contributed by atoms with Crippen LogP contribution in [0.25, 0.3) is 11.0 Å². The fraction of sp³-hybridized carbons (Fsp3) is 0.375. The van der Waals surface area contributed by atoms with E-state index in [1.54, 1.807) is 36.7 Å². The molecular weight excluding hydrogens is 442 g/mol. The molecule has 172 valence electrons. The van der Waals surface area contributed by atoms with Crippen LogP contribution in [0.1, 0.15) is 35.4 Å². The van der Waals surface area contributed by atoms with E-state index in [1.165, 1.54) is 6.07 Å². The van der Waals surface area contributed by atoms with Crippen LogP contribution in [0.2, 0.25) is 0 Å². The van der Waals surface area contributed by atoms with Crippen molar-refractivity contribution in [3.63, 3.8) is 0 Å². The molecule has 1 unspecified atom stereocenters. The first-order chi connectivity index (χ1) is 15.9. The number of aromatic nitrogens is 1. The topological polar surface area (TPSA) is 110 Å². The summed E-state index contributed by atoms with van der Waals surface area (Å²) in [7, 11) is -2.65. The molecule has 3 heterocycles. The standard InChI is InChI=1S/C24H25N3O5S/c28-22(11-16-2-1-3-19(10-16)33(30)31)27-8-5-24(6-9-27)13-18(24)14-26-23(29)20-12-17-4-7-25-15-21(17)32-20/h1-4,7,10,12,15,18,33H,5-6,8-9,11,13-14H2,(H,26,29). The molecular formula is C24H25N3O5S. The normalized spacial score (nSPS) is 19.2. The van der Waals surface area contributed by atoms with Crippen molar-refractivity contribution in [2.24, 2.45) is 11.3 Å². The molecule has 5 rings (SSSR count). The van der Waals surface area contributed by atoms with Crippen LogP contribution in [-0.2, 0) is 21.9 Å². The number of carbonyl (C=O) groups excluding carboxylic acids is 2. The lowest BCUT2D eigenvalue weighted by Gasteiger charge is -2.33. The molecule has 2 fully saturated rings. The molecule has 3 aromatic rings. The Labute approximate surface area is 192 Å². The molecule has 2 aromatic heterocycles. The summed E-state index contributed by atoms with van der Waals surface area (Å²) in [6, 6.07) is 10.1. The number of thiol groups is 1. The second-order valence-corrected chi connectivity index (χ2v) is 10.0. The first-order valence-corrected chi connectivity index (χ1v) is 12.2. The van der Waals surface area contributed by atoms with Crippen molar-refractivity contribution in [3.8, 4) is 0 Å². The Balaban J connectivity index is 1.10.